The van der Waals surface area contributed by atoms with Crippen LogP contribution < -0.4 is 15.5 Å². The molecule has 1 heterocycles. The number of anilines is 1. The number of carbonyl (C=O) groups excluding carboxylic acids is 2. The minimum Gasteiger partial charge on any atom is -0.465 e. The van der Waals surface area contributed by atoms with Crippen LogP contribution in [0.15, 0.2) is 42.5 Å². The molecule has 3 amide bonds. The first-order valence-corrected chi connectivity index (χ1v) is 9.77. The van der Waals surface area contributed by atoms with Gasteiger partial charge in [0.2, 0.25) is 5.91 Å². The van der Waals surface area contributed by atoms with Crippen molar-refractivity contribution in [3.8, 4) is 17.2 Å². The molecule has 3 rings (SSSR count). The summed E-state index contributed by atoms with van der Waals surface area (Å²) in [4.78, 5) is 35.4. The molecule has 2 aromatic rings. The van der Waals surface area contributed by atoms with Crippen LogP contribution in [0.3, 0.4) is 0 Å². The van der Waals surface area contributed by atoms with Crippen molar-refractivity contribution in [2.24, 2.45) is 0 Å². The maximum absolute atomic E-state index is 14.9. The lowest BCUT2D eigenvalue weighted by Gasteiger charge is -2.16. The molecule has 0 aliphatic carbocycles. The van der Waals surface area contributed by atoms with Gasteiger partial charge in [-0.3, -0.25) is 9.69 Å². The van der Waals surface area contributed by atoms with Crippen molar-refractivity contribution in [2.75, 3.05) is 18.0 Å². The molecule has 1 aliphatic heterocycles. The lowest BCUT2D eigenvalue weighted by Crippen LogP contribution is -2.33. The Balaban J connectivity index is 1.75. The molecule has 1 aliphatic rings. The summed E-state index contributed by atoms with van der Waals surface area (Å²) in [5.41, 5.74) is 1.76. The van der Waals surface area contributed by atoms with E-state index in [1.807, 2.05) is 6.07 Å². The fourth-order valence-electron chi connectivity index (χ4n) is 3.39. The van der Waals surface area contributed by atoms with Gasteiger partial charge in [-0.25, -0.2) is 14.0 Å². The number of nitrogens with zero attached hydrogens (tertiary/aromatic N) is 2. The van der Waals surface area contributed by atoms with Crippen molar-refractivity contribution in [3.05, 3.63) is 53.8 Å². The Morgan fingerprint density at radius 1 is 1.31 bits per heavy atom. The Kier molecular flexibility index (Phi) is 6.90. The van der Waals surface area contributed by atoms with E-state index in [1.54, 1.807) is 30.3 Å². The van der Waals surface area contributed by atoms with Crippen LogP contribution in [-0.4, -0.2) is 42.4 Å². The number of rotatable bonds is 7. The molecule has 1 saturated heterocycles. The van der Waals surface area contributed by atoms with Crippen LogP contribution in [0.5, 0.6) is 0 Å². The fraction of sp³-hybridized carbons (Fsp3) is 0.273. The number of halogens is 1. The Bertz CT molecular complexity index is 1070. The summed E-state index contributed by atoms with van der Waals surface area (Å²) in [7, 11) is 0. The Morgan fingerprint density at radius 2 is 2.03 bits per heavy atom. The standard InChI is InChI=1S/C22H21FN4O5/c1-13(28)25-11-17-12-27(22(31)32-17)16-6-7-18(19(23)10-16)14-2-4-15(5-3-14)20(8-9-24)26-21(29)30/h2-7,10,17,20,26H,8,11-12H2,1H3,(H,25,28)(H,29,30)/t17-,20-/m0/s1. The molecule has 1 fully saturated rings. The minimum absolute atomic E-state index is 0.0381. The third-order valence-electron chi connectivity index (χ3n) is 4.93. The number of carboxylic acid groups (broad SMARTS) is 1. The molecule has 166 valence electrons. The smallest absolute Gasteiger partial charge is 0.414 e. The van der Waals surface area contributed by atoms with Gasteiger partial charge in [-0.1, -0.05) is 24.3 Å². The zero-order chi connectivity index (χ0) is 23.3. The Hall–Kier alpha value is -4.13. The molecule has 0 saturated carbocycles. The molecule has 3 N–H and O–H groups in total. The number of carbonyl (C=O) groups is 3. The van der Waals surface area contributed by atoms with Gasteiger partial charge in [0, 0.05) is 12.5 Å². The highest BCUT2D eigenvalue weighted by atomic mass is 19.1. The van der Waals surface area contributed by atoms with E-state index in [-0.39, 0.29) is 25.4 Å². The van der Waals surface area contributed by atoms with Crippen LogP contribution in [0.25, 0.3) is 11.1 Å². The van der Waals surface area contributed by atoms with E-state index in [9.17, 15) is 18.8 Å². The molecule has 0 bridgehead atoms. The van der Waals surface area contributed by atoms with Crippen molar-refractivity contribution in [1.29, 1.82) is 5.26 Å². The quantitative estimate of drug-likeness (QED) is 0.606. The third-order valence-corrected chi connectivity index (χ3v) is 4.93. The number of ether oxygens (including phenoxy) is 1. The number of hydrogen-bond donors (Lipinski definition) is 3. The molecule has 0 radical (unpaired) electrons. The first kappa shape index (κ1) is 22.6. The van der Waals surface area contributed by atoms with E-state index in [4.69, 9.17) is 15.1 Å². The predicted octanol–water partition coefficient (Wildman–Crippen LogP) is 3.18. The second kappa shape index (κ2) is 9.78. The van der Waals surface area contributed by atoms with Gasteiger partial charge in [-0.05, 0) is 29.3 Å². The van der Waals surface area contributed by atoms with E-state index >= 15 is 0 Å². The predicted molar refractivity (Wildman–Crippen MR) is 112 cm³/mol. The van der Waals surface area contributed by atoms with Gasteiger partial charge in [0.25, 0.3) is 0 Å². The SMILES string of the molecule is CC(=O)NC[C@H]1CN(c2ccc(-c3ccc([C@H](CC#N)NC(=O)O)cc3)c(F)c2)C(=O)O1. The van der Waals surface area contributed by atoms with Crippen molar-refractivity contribution < 1.29 is 28.6 Å². The molecule has 0 unspecified atom stereocenters. The molecule has 0 spiro atoms. The summed E-state index contributed by atoms with van der Waals surface area (Å²) in [5.74, 6) is -0.788. The molecule has 0 aromatic heterocycles. The lowest BCUT2D eigenvalue weighted by molar-refractivity contribution is -0.119. The molecular formula is C22H21FN4O5. The fourth-order valence-corrected chi connectivity index (χ4v) is 3.39. The summed E-state index contributed by atoms with van der Waals surface area (Å²) in [6.45, 7) is 1.72. The van der Waals surface area contributed by atoms with Crippen LogP contribution in [0, 0.1) is 17.1 Å². The van der Waals surface area contributed by atoms with Crippen molar-refractivity contribution in [3.63, 3.8) is 0 Å². The van der Waals surface area contributed by atoms with Crippen LogP contribution in [-0.2, 0) is 9.53 Å². The normalized spacial score (nSPS) is 16.1. The molecule has 10 heteroatoms. The van der Waals surface area contributed by atoms with Gasteiger partial charge in [0.05, 0.1) is 37.3 Å². The van der Waals surface area contributed by atoms with Crippen LogP contribution >= 0.6 is 0 Å². The van der Waals surface area contributed by atoms with Crippen molar-refractivity contribution in [1.82, 2.24) is 10.6 Å². The first-order chi connectivity index (χ1) is 15.3. The van der Waals surface area contributed by atoms with Crippen LogP contribution in [0.4, 0.5) is 19.7 Å². The summed E-state index contributed by atoms with van der Waals surface area (Å²) in [6.07, 6.45) is -2.42. The van der Waals surface area contributed by atoms with Gasteiger partial charge in [-0.2, -0.15) is 5.26 Å². The number of nitrogens with one attached hydrogen (secondary N) is 2. The highest BCUT2D eigenvalue weighted by molar-refractivity contribution is 5.90. The first-order valence-electron chi connectivity index (χ1n) is 9.77. The largest absolute Gasteiger partial charge is 0.465 e. The summed E-state index contributed by atoms with van der Waals surface area (Å²) < 4.78 is 20.0. The zero-order valence-corrected chi connectivity index (χ0v) is 17.2. The van der Waals surface area contributed by atoms with E-state index in [2.05, 4.69) is 10.6 Å². The number of nitriles is 1. The number of benzene rings is 2. The van der Waals surface area contributed by atoms with Gasteiger partial charge in [0.1, 0.15) is 11.9 Å². The molecule has 32 heavy (non-hydrogen) atoms. The molecule has 2 aromatic carbocycles. The average Bonchev–Trinajstić information content (AvgIpc) is 3.12. The Morgan fingerprint density at radius 3 is 2.62 bits per heavy atom. The van der Waals surface area contributed by atoms with E-state index in [0.717, 1.165) is 0 Å². The summed E-state index contributed by atoms with van der Waals surface area (Å²) >= 11 is 0. The van der Waals surface area contributed by atoms with Crippen LogP contribution in [0.1, 0.15) is 24.9 Å². The summed E-state index contributed by atoms with van der Waals surface area (Å²) in [6, 6.07) is 12.1. The number of amides is 3. The lowest BCUT2D eigenvalue weighted by atomic mass is 9.99. The second-order valence-electron chi connectivity index (χ2n) is 7.20. The van der Waals surface area contributed by atoms with E-state index in [1.165, 1.54) is 24.0 Å². The van der Waals surface area contributed by atoms with E-state index < -0.39 is 30.1 Å². The topological polar surface area (TPSA) is 132 Å². The van der Waals surface area contributed by atoms with Crippen molar-refractivity contribution >= 4 is 23.8 Å². The number of hydrogen-bond acceptors (Lipinski definition) is 5. The number of cyclic esters (lactones) is 1. The molecule has 2 atom stereocenters. The third kappa shape index (κ3) is 5.31. The van der Waals surface area contributed by atoms with Gasteiger partial charge in [0.15, 0.2) is 0 Å². The average molecular weight is 440 g/mol. The monoisotopic (exact) mass is 440 g/mol. The highest BCUT2D eigenvalue weighted by Gasteiger charge is 2.32. The Labute approximate surface area is 183 Å². The second-order valence-corrected chi connectivity index (χ2v) is 7.20. The maximum atomic E-state index is 14.9. The van der Waals surface area contributed by atoms with Crippen LogP contribution in [0.2, 0.25) is 0 Å². The zero-order valence-electron chi connectivity index (χ0n) is 17.2. The highest BCUT2D eigenvalue weighted by Crippen LogP contribution is 2.30. The maximum Gasteiger partial charge on any atom is 0.414 e. The van der Waals surface area contributed by atoms with Crippen molar-refractivity contribution in [2.45, 2.75) is 25.5 Å². The van der Waals surface area contributed by atoms with Gasteiger partial charge in [-0.15, -0.1) is 0 Å². The molecule has 9 nitrogen and oxygen atoms in total. The van der Waals surface area contributed by atoms with E-state index in [0.29, 0.717) is 22.4 Å². The minimum atomic E-state index is -1.24. The van der Waals surface area contributed by atoms with Gasteiger partial charge < -0.3 is 20.5 Å². The molecular weight excluding hydrogens is 419 g/mol. The summed E-state index contributed by atoms with van der Waals surface area (Å²) in [5, 5.41) is 22.7. The van der Waals surface area contributed by atoms with Gasteiger partial charge >= 0.3 is 12.2 Å².